The summed E-state index contributed by atoms with van der Waals surface area (Å²) in [5.41, 5.74) is -1.24. The number of benzene rings is 1. The molecule has 0 aromatic heterocycles. The van der Waals surface area contributed by atoms with Gasteiger partial charge >= 0.3 is 5.97 Å². The van der Waals surface area contributed by atoms with Crippen molar-refractivity contribution in [1.82, 2.24) is 5.32 Å². The molecule has 0 unspecified atom stereocenters. The Balaban J connectivity index is 2.67. The Bertz CT molecular complexity index is 530. The molecule has 0 fully saturated rings. The van der Waals surface area contributed by atoms with Crippen LogP contribution in [-0.4, -0.2) is 29.1 Å². The zero-order valence-corrected chi connectivity index (χ0v) is 15.0. The smallest absolute Gasteiger partial charge is 0.329 e. The van der Waals surface area contributed by atoms with Gasteiger partial charge in [0.25, 0.3) is 5.91 Å². The molecule has 0 radical (unpaired) electrons. The van der Waals surface area contributed by atoms with Gasteiger partial charge < -0.3 is 15.2 Å². The number of carboxylic acids is 1. The van der Waals surface area contributed by atoms with Crippen LogP contribution in [0.3, 0.4) is 0 Å². The topological polar surface area (TPSA) is 75.6 Å². The van der Waals surface area contributed by atoms with Crippen LogP contribution in [0.4, 0.5) is 0 Å². The molecule has 21 heavy (non-hydrogen) atoms. The van der Waals surface area contributed by atoms with E-state index in [0.29, 0.717) is 23.1 Å². The Hall–Kier alpha value is -1.08. The molecule has 2 N–H and O–H groups in total. The summed E-state index contributed by atoms with van der Waals surface area (Å²) in [5, 5.41) is 11.8. The van der Waals surface area contributed by atoms with Crippen molar-refractivity contribution >= 4 is 43.7 Å². The lowest BCUT2D eigenvalue weighted by Gasteiger charge is -2.28. The van der Waals surface area contributed by atoms with E-state index in [-0.39, 0.29) is 6.61 Å². The molecule has 116 valence electrons. The predicted octanol–water partition coefficient (Wildman–Crippen LogP) is 3.35. The van der Waals surface area contributed by atoms with Crippen molar-refractivity contribution in [3.63, 3.8) is 0 Å². The molecule has 1 rings (SSSR count). The highest BCUT2D eigenvalue weighted by Crippen LogP contribution is 2.28. The van der Waals surface area contributed by atoms with Gasteiger partial charge in [0.15, 0.2) is 6.61 Å². The standard InChI is InChI=1S/C14H17Br2NO4/c1-3-14(4-2,13(19)20)17-12(18)8-21-11-6-5-9(15)7-10(11)16/h5-7H,3-4,8H2,1-2H3,(H,17,18)(H,19,20). The maximum absolute atomic E-state index is 11.9. The number of carbonyl (C=O) groups is 2. The van der Waals surface area contributed by atoms with Crippen LogP contribution in [0.1, 0.15) is 26.7 Å². The number of rotatable bonds is 7. The van der Waals surface area contributed by atoms with Gasteiger partial charge in [-0.3, -0.25) is 4.79 Å². The summed E-state index contributed by atoms with van der Waals surface area (Å²) in [7, 11) is 0. The Labute approximate surface area is 140 Å². The van der Waals surface area contributed by atoms with Crippen molar-refractivity contribution in [2.75, 3.05) is 6.61 Å². The third-order valence-electron chi connectivity index (χ3n) is 3.25. The van der Waals surface area contributed by atoms with Crippen LogP contribution in [-0.2, 0) is 9.59 Å². The number of amides is 1. The SMILES string of the molecule is CCC(CC)(NC(=O)COc1ccc(Br)cc1Br)C(=O)O. The van der Waals surface area contributed by atoms with Crippen LogP contribution < -0.4 is 10.1 Å². The molecule has 1 aromatic carbocycles. The number of hydrogen-bond acceptors (Lipinski definition) is 3. The largest absolute Gasteiger partial charge is 0.483 e. The number of halogens is 2. The van der Waals surface area contributed by atoms with Gasteiger partial charge in [0.2, 0.25) is 0 Å². The number of carboxylic acid groups (broad SMARTS) is 1. The summed E-state index contributed by atoms with van der Waals surface area (Å²) in [6, 6.07) is 5.30. The van der Waals surface area contributed by atoms with Crippen molar-refractivity contribution in [2.45, 2.75) is 32.2 Å². The van der Waals surface area contributed by atoms with Crippen molar-refractivity contribution in [2.24, 2.45) is 0 Å². The molecule has 1 amide bonds. The molecule has 0 saturated carbocycles. The van der Waals surface area contributed by atoms with E-state index in [1.54, 1.807) is 32.0 Å². The van der Waals surface area contributed by atoms with E-state index in [9.17, 15) is 14.7 Å². The molecule has 5 nitrogen and oxygen atoms in total. The van der Waals surface area contributed by atoms with E-state index in [1.807, 2.05) is 0 Å². The van der Waals surface area contributed by atoms with Crippen LogP contribution in [0.5, 0.6) is 5.75 Å². The van der Waals surface area contributed by atoms with Crippen LogP contribution in [0.2, 0.25) is 0 Å². The van der Waals surface area contributed by atoms with Gasteiger partial charge in [-0.1, -0.05) is 29.8 Å². The molecular weight excluding hydrogens is 406 g/mol. The summed E-state index contributed by atoms with van der Waals surface area (Å²) in [6.45, 7) is 3.21. The molecule has 1 aromatic rings. The van der Waals surface area contributed by atoms with Gasteiger partial charge in [-0.05, 0) is 47.0 Å². The first-order valence-electron chi connectivity index (χ1n) is 6.47. The molecule has 0 aliphatic rings. The maximum Gasteiger partial charge on any atom is 0.329 e. The monoisotopic (exact) mass is 421 g/mol. The summed E-state index contributed by atoms with van der Waals surface area (Å²) >= 11 is 6.65. The van der Waals surface area contributed by atoms with Crippen molar-refractivity contribution in [3.8, 4) is 5.75 Å². The quantitative estimate of drug-likeness (QED) is 0.706. The Kier molecular flexibility index (Phi) is 6.67. The van der Waals surface area contributed by atoms with Gasteiger partial charge in [0.05, 0.1) is 4.47 Å². The Morgan fingerprint density at radius 2 is 1.90 bits per heavy atom. The highest BCUT2D eigenvalue weighted by molar-refractivity contribution is 9.11. The number of nitrogens with one attached hydrogen (secondary N) is 1. The zero-order valence-electron chi connectivity index (χ0n) is 11.8. The van der Waals surface area contributed by atoms with Crippen molar-refractivity contribution in [1.29, 1.82) is 0 Å². The highest BCUT2D eigenvalue weighted by Gasteiger charge is 2.36. The molecular formula is C14H17Br2NO4. The van der Waals surface area contributed by atoms with E-state index < -0.39 is 17.4 Å². The lowest BCUT2D eigenvalue weighted by atomic mass is 9.93. The minimum Gasteiger partial charge on any atom is -0.483 e. The molecule has 0 bridgehead atoms. The summed E-state index contributed by atoms with van der Waals surface area (Å²) in [4.78, 5) is 23.2. The van der Waals surface area contributed by atoms with E-state index in [1.165, 1.54) is 0 Å². The second-order valence-corrected chi connectivity index (χ2v) is 6.28. The summed E-state index contributed by atoms with van der Waals surface area (Å²) < 4.78 is 6.99. The molecule has 0 aliphatic heterocycles. The molecule has 0 heterocycles. The lowest BCUT2D eigenvalue weighted by Crippen LogP contribution is -2.54. The Morgan fingerprint density at radius 1 is 1.29 bits per heavy atom. The molecule has 0 spiro atoms. The van der Waals surface area contributed by atoms with E-state index in [2.05, 4.69) is 37.2 Å². The average Bonchev–Trinajstić information content (AvgIpc) is 2.43. The highest BCUT2D eigenvalue weighted by atomic mass is 79.9. The first kappa shape index (κ1) is 18.0. The summed E-state index contributed by atoms with van der Waals surface area (Å²) in [6.07, 6.45) is 0.624. The Morgan fingerprint density at radius 3 is 2.38 bits per heavy atom. The van der Waals surface area contributed by atoms with E-state index in [0.717, 1.165) is 4.47 Å². The fraction of sp³-hybridized carbons (Fsp3) is 0.429. The van der Waals surface area contributed by atoms with Crippen molar-refractivity contribution < 1.29 is 19.4 Å². The fourth-order valence-electron chi connectivity index (χ4n) is 1.82. The summed E-state index contributed by atoms with van der Waals surface area (Å²) in [5.74, 6) is -0.983. The van der Waals surface area contributed by atoms with Gasteiger partial charge in [0, 0.05) is 4.47 Å². The normalized spacial score (nSPS) is 11.0. The minimum atomic E-state index is -1.24. The van der Waals surface area contributed by atoms with Gasteiger partial charge in [-0.25, -0.2) is 4.79 Å². The first-order valence-corrected chi connectivity index (χ1v) is 8.05. The lowest BCUT2D eigenvalue weighted by molar-refractivity contribution is -0.148. The van der Waals surface area contributed by atoms with Crippen molar-refractivity contribution in [3.05, 3.63) is 27.1 Å². The molecule has 0 aliphatic carbocycles. The fourth-order valence-corrected chi connectivity index (χ4v) is 2.98. The first-order chi connectivity index (χ1) is 9.84. The minimum absolute atomic E-state index is 0.241. The van der Waals surface area contributed by atoms with Crippen LogP contribution >= 0.6 is 31.9 Å². The molecule has 7 heteroatoms. The van der Waals surface area contributed by atoms with Crippen LogP contribution in [0.15, 0.2) is 27.1 Å². The third-order valence-corrected chi connectivity index (χ3v) is 4.36. The number of carbonyl (C=O) groups excluding carboxylic acids is 1. The van der Waals surface area contributed by atoms with Gasteiger partial charge in [-0.15, -0.1) is 0 Å². The number of aliphatic carboxylic acids is 1. The molecule has 0 saturated heterocycles. The zero-order chi connectivity index (χ0) is 16.0. The molecule has 0 atom stereocenters. The maximum atomic E-state index is 11.9. The number of hydrogen-bond donors (Lipinski definition) is 2. The van der Waals surface area contributed by atoms with Crippen LogP contribution in [0.25, 0.3) is 0 Å². The number of ether oxygens (including phenoxy) is 1. The van der Waals surface area contributed by atoms with Gasteiger partial charge in [0.1, 0.15) is 11.3 Å². The second-order valence-electron chi connectivity index (χ2n) is 4.51. The van der Waals surface area contributed by atoms with E-state index in [4.69, 9.17) is 4.74 Å². The van der Waals surface area contributed by atoms with Gasteiger partial charge in [-0.2, -0.15) is 0 Å². The van der Waals surface area contributed by atoms with E-state index >= 15 is 0 Å². The average molecular weight is 423 g/mol. The predicted molar refractivity (Wildman–Crippen MR) is 86.4 cm³/mol. The second kappa shape index (κ2) is 7.79. The van der Waals surface area contributed by atoms with Crippen LogP contribution in [0, 0.1) is 0 Å². The third kappa shape index (κ3) is 4.71.